The zero-order valence-corrected chi connectivity index (χ0v) is 13.8. The molecule has 6 heteroatoms. The van der Waals surface area contributed by atoms with E-state index in [1.807, 2.05) is 6.92 Å². The number of hydrogen-bond acceptors (Lipinski definition) is 2. The molecule has 0 saturated heterocycles. The quantitative estimate of drug-likeness (QED) is 0.729. The average molecular weight is 404 g/mol. The van der Waals surface area contributed by atoms with Crippen molar-refractivity contribution in [1.82, 2.24) is 4.98 Å². The monoisotopic (exact) mass is 402 g/mol. The molecule has 1 aromatic carbocycles. The van der Waals surface area contributed by atoms with Gasteiger partial charge in [0.1, 0.15) is 4.60 Å². The number of benzene rings is 1. The predicted octanol–water partition coefficient (Wildman–Crippen LogP) is 4.82. The van der Waals surface area contributed by atoms with Crippen LogP contribution in [0.5, 0.6) is 0 Å². The Morgan fingerprint density at radius 3 is 2.68 bits per heavy atom. The first-order valence-corrected chi connectivity index (χ1v) is 7.34. The number of aromatic nitrogens is 1. The molecule has 98 valence electrons. The second-order valence-corrected chi connectivity index (χ2v) is 5.87. The van der Waals surface area contributed by atoms with Crippen molar-refractivity contribution in [2.45, 2.75) is 6.92 Å². The molecule has 1 heterocycles. The molecule has 2 aromatic rings. The van der Waals surface area contributed by atoms with Crippen molar-refractivity contribution in [2.75, 3.05) is 5.32 Å². The van der Waals surface area contributed by atoms with E-state index in [0.29, 0.717) is 20.7 Å². The number of carbonyl (C=O) groups is 1. The van der Waals surface area contributed by atoms with Crippen molar-refractivity contribution < 1.29 is 4.79 Å². The zero-order chi connectivity index (χ0) is 14.0. The van der Waals surface area contributed by atoms with E-state index in [9.17, 15) is 4.79 Å². The zero-order valence-electron chi connectivity index (χ0n) is 9.88. The van der Waals surface area contributed by atoms with E-state index in [2.05, 4.69) is 42.2 Å². The van der Waals surface area contributed by atoms with Gasteiger partial charge in [0.05, 0.1) is 22.0 Å². The molecule has 0 atom stereocenters. The highest BCUT2D eigenvalue weighted by molar-refractivity contribution is 9.10. The van der Waals surface area contributed by atoms with Gasteiger partial charge in [-0.2, -0.15) is 0 Å². The third-order valence-electron chi connectivity index (χ3n) is 2.50. The Morgan fingerprint density at radius 2 is 2.00 bits per heavy atom. The van der Waals surface area contributed by atoms with Crippen molar-refractivity contribution in [1.29, 1.82) is 0 Å². The fraction of sp³-hybridized carbons (Fsp3) is 0.0769. The van der Waals surface area contributed by atoms with Crippen LogP contribution < -0.4 is 5.32 Å². The number of hydrogen-bond donors (Lipinski definition) is 1. The predicted molar refractivity (Wildman–Crippen MR) is 83.8 cm³/mol. The Hall–Kier alpha value is -0.910. The maximum atomic E-state index is 12.2. The minimum Gasteiger partial charge on any atom is -0.320 e. The molecular weight excluding hydrogens is 395 g/mol. The maximum Gasteiger partial charge on any atom is 0.257 e. The molecule has 0 bridgehead atoms. The molecule has 1 amide bonds. The lowest BCUT2D eigenvalue weighted by molar-refractivity contribution is 0.102. The van der Waals surface area contributed by atoms with E-state index in [-0.39, 0.29) is 5.91 Å². The van der Waals surface area contributed by atoms with Gasteiger partial charge in [0, 0.05) is 4.47 Å². The van der Waals surface area contributed by atoms with Crippen LogP contribution in [0.3, 0.4) is 0 Å². The molecule has 3 nitrogen and oxygen atoms in total. The summed E-state index contributed by atoms with van der Waals surface area (Å²) in [6, 6.07) is 8.77. The number of halogens is 3. The summed E-state index contributed by atoms with van der Waals surface area (Å²) in [5.74, 6) is -0.265. The van der Waals surface area contributed by atoms with Crippen molar-refractivity contribution >= 4 is 55.1 Å². The van der Waals surface area contributed by atoms with E-state index in [1.54, 1.807) is 30.3 Å². The normalized spacial score (nSPS) is 10.3. The summed E-state index contributed by atoms with van der Waals surface area (Å²) in [6.07, 6.45) is 0. The summed E-state index contributed by atoms with van der Waals surface area (Å²) < 4.78 is 1.41. The summed E-state index contributed by atoms with van der Waals surface area (Å²) in [6.45, 7) is 1.82. The van der Waals surface area contributed by atoms with Gasteiger partial charge in [0.25, 0.3) is 5.91 Å². The van der Waals surface area contributed by atoms with Crippen LogP contribution in [0.4, 0.5) is 5.69 Å². The van der Waals surface area contributed by atoms with Gasteiger partial charge >= 0.3 is 0 Å². The summed E-state index contributed by atoms with van der Waals surface area (Å²) in [5, 5.41) is 3.19. The number of carbonyl (C=O) groups excluding carboxylic acids is 1. The first-order chi connectivity index (χ1) is 8.99. The molecule has 0 aliphatic rings. The largest absolute Gasteiger partial charge is 0.320 e. The van der Waals surface area contributed by atoms with Crippen molar-refractivity contribution in [3.8, 4) is 0 Å². The molecule has 0 radical (unpaired) electrons. The SMILES string of the molecule is Cc1nc(Br)ccc1NC(=O)c1cccc(Br)c1Cl. The number of pyridine rings is 1. The van der Waals surface area contributed by atoms with Gasteiger partial charge in [-0.15, -0.1) is 0 Å². The fourth-order valence-electron chi connectivity index (χ4n) is 1.53. The van der Waals surface area contributed by atoms with Gasteiger partial charge in [0.15, 0.2) is 0 Å². The first kappa shape index (κ1) is 14.5. The second-order valence-electron chi connectivity index (χ2n) is 3.82. The van der Waals surface area contributed by atoms with Crippen LogP contribution >= 0.6 is 43.5 Å². The average Bonchev–Trinajstić information content (AvgIpc) is 2.36. The molecule has 0 unspecified atom stereocenters. The maximum absolute atomic E-state index is 12.2. The highest BCUT2D eigenvalue weighted by Crippen LogP contribution is 2.27. The van der Waals surface area contributed by atoms with Gasteiger partial charge in [0.2, 0.25) is 0 Å². The van der Waals surface area contributed by atoms with Crippen LogP contribution in [0, 0.1) is 6.92 Å². The number of nitrogens with zero attached hydrogens (tertiary/aromatic N) is 1. The third-order valence-corrected chi connectivity index (χ3v) is 4.23. The number of amides is 1. The molecule has 19 heavy (non-hydrogen) atoms. The van der Waals surface area contributed by atoms with Crippen LogP contribution in [-0.4, -0.2) is 10.9 Å². The molecule has 0 aliphatic heterocycles. The lowest BCUT2D eigenvalue weighted by Gasteiger charge is -2.09. The first-order valence-electron chi connectivity index (χ1n) is 5.37. The molecule has 1 N–H and O–H groups in total. The smallest absolute Gasteiger partial charge is 0.257 e. The molecular formula is C13H9Br2ClN2O. The molecule has 0 aliphatic carbocycles. The molecule has 1 aromatic heterocycles. The minimum atomic E-state index is -0.265. The van der Waals surface area contributed by atoms with E-state index >= 15 is 0 Å². The molecule has 2 rings (SSSR count). The van der Waals surface area contributed by atoms with Gasteiger partial charge in [-0.05, 0) is 63.0 Å². The standard InChI is InChI=1S/C13H9Br2ClN2O/c1-7-10(5-6-11(15)17-7)18-13(19)8-3-2-4-9(14)12(8)16/h2-6H,1H3,(H,18,19). The van der Waals surface area contributed by atoms with E-state index < -0.39 is 0 Å². The van der Waals surface area contributed by atoms with E-state index in [1.165, 1.54) is 0 Å². The Labute approximate surface area is 132 Å². The van der Waals surface area contributed by atoms with Crippen LogP contribution in [0.25, 0.3) is 0 Å². The lowest BCUT2D eigenvalue weighted by atomic mass is 10.2. The number of nitrogens with one attached hydrogen (secondary N) is 1. The topological polar surface area (TPSA) is 42.0 Å². The van der Waals surface area contributed by atoms with Crippen LogP contribution in [0.15, 0.2) is 39.4 Å². The molecule has 0 fully saturated rings. The summed E-state index contributed by atoms with van der Waals surface area (Å²) in [7, 11) is 0. The highest BCUT2D eigenvalue weighted by atomic mass is 79.9. The Bertz CT molecular complexity index is 647. The summed E-state index contributed by atoms with van der Waals surface area (Å²) in [5.41, 5.74) is 1.80. The van der Waals surface area contributed by atoms with E-state index in [4.69, 9.17) is 11.6 Å². The van der Waals surface area contributed by atoms with Crippen LogP contribution in [-0.2, 0) is 0 Å². The lowest BCUT2D eigenvalue weighted by Crippen LogP contribution is -2.13. The molecule has 0 saturated carbocycles. The highest BCUT2D eigenvalue weighted by Gasteiger charge is 2.13. The Balaban J connectivity index is 2.28. The summed E-state index contributed by atoms with van der Waals surface area (Å²) in [4.78, 5) is 16.4. The Morgan fingerprint density at radius 1 is 1.26 bits per heavy atom. The summed E-state index contributed by atoms with van der Waals surface area (Å²) >= 11 is 12.7. The fourth-order valence-corrected chi connectivity index (χ4v) is 2.51. The number of anilines is 1. The van der Waals surface area contributed by atoms with Gasteiger partial charge < -0.3 is 5.32 Å². The second kappa shape index (κ2) is 6.03. The van der Waals surface area contributed by atoms with Crippen molar-refractivity contribution in [3.05, 3.63) is 55.7 Å². The van der Waals surface area contributed by atoms with Crippen molar-refractivity contribution in [3.63, 3.8) is 0 Å². The Kier molecular flexibility index (Phi) is 4.60. The number of rotatable bonds is 2. The third kappa shape index (κ3) is 3.35. The van der Waals surface area contributed by atoms with E-state index in [0.717, 1.165) is 10.3 Å². The van der Waals surface area contributed by atoms with Crippen LogP contribution in [0.1, 0.15) is 16.1 Å². The van der Waals surface area contributed by atoms with Gasteiger partial charge in [-0.3, -0.25) is 4.79 Å². The van der Waals surface area contributed by atoms with Crippen molar-refractivity contribution in [2.24, 2.45) is 0 Å². The van der Waals surface area contributed by atoms with Gasteiger partial charge in [-0.25, -0.2) is 4.98 Å². The molecule has 0 spiro atoms. The minimum absolute atomic E-state index is 0.265. The number of aryl methyl sites for hydroxylation is 1. The van der Waals surface area contributed by atoms with Gasteiger partial charge in [-0.1, -0.05) is 17.7 Å². The van der Waals surface area contributed by atoms with Crippen LogP contribution in [0.2, 0.25) is 5.02 Å².